The van der Waals surface area contributed by atoms with Gasteiger partial charge in [-0.1, -0.05) is 110 Å². The molecule has 1 aromatic heterocycles. The first kappa shape index (κ1) is 36.2. The molecule has 8 heteroatoms. The molecule has 0 N–H and O–H groups in total. The molecule has 1 rings (SSSR count). The average molecular weight is 562 g/mol. The molecule has 0 aliphatic rings. The van der Waals surface area contributed by atoms with Crippen LogP contribution in [-0.2, 0) is 13.0 Å². The molecule has 222 valence electrons. The van der Waals surface area contributed by atoms with Crippen LogP contribution in [-0.4, -0.2) is 0 Å². The molecular formula is C29H54F6NP. The second-order valence-corrected chi connectivity index (χ2v) is 12.6. The number of unbranched alkanes of at least 4 members (excludes halogenated alkanes) is 16. The number of aryl methyl sites for hydroxylation is 3. The Kier molecular flexibility index (Phi) is 17.3. The van der Waals surface area contributed by atoms with Crippen molar-refractivity contribution in [2.75, 3.05) is 0 Å². The fourth-order valence-electron chi connectivity index (χ4n) is 4.74. The van der Waals surface area contributed by atoms with E-state index in [4.69, 9.17) is 0 Å². The zero-order valence-corrected chi connectivity index (χ0v) is 24.9. The summed E-state index contributed by atoms with van der Waals surface area (Å²) in [5, 5.41) is 0. The molecule has 0 atom stereocenters. The van der Waals surface area contributed by atoms with E-state index in [-0.39, 0.29) is 0 Å². The summed E-state index contributed by atoms with van der Waals surface area (Å²) in [6, 6.07) is 4.82. The summed E-state index contributed by atoms with van der Waals surface area (Å²) in [6.07, 6.45) is 26.7. The van der Waals surface area contributed by atoms with E-state index >= 15 is 0 Å². The summed E-state index contributed by atoms with van der Waals surface area (Å²) in [5.74, 6) is 0. The van der Waals surface area contributed by atoms with E-state index in [9.17, 15) is 25.2 Å². The van der Waals surface area contributed by atoms with Crippen LogP contribution in [0.1, 0.15) is 146 Å². The standard InChI is InChI=1S/C29H54N.F6P/c1-5-7-9-11-13-15-16-18-20-22-24-30-28(4)25-27(3)26-29(30)23-21-19-17-14-12-10-8-6-2;1-7(2,3,4,5)6/h25-26H,5-24H2,1-4H3;/q+1;-1. The average Bonchev–Trinajstić information content (AvgIpc) is 2.76. The molecule has 0 bridgehead atoms. The maximum atomic E-state index is 9.87. The van der Waals surface area contributed by atoms with Gasteiger partial charge in [-0.3, -0.25) is 0 Å². The molecule has 0 fully saturated rings. The molecule has 0 amide bonds. The monoisotopic (exact) mass is 561 g/mol. The second kappa shape index (κ2) is 17.7. The summed E-state index contributed by atoms with van der Waals surface area (Å²) in [7, 11) is -10.7. The molecule has 0 saturated carbocycles. The normalized spacial score (nSPS) is 13.6. The minimum atomic E-state index is -10.7. The third-order valence-electron chi connectivity index (χ3n) is 6.63. The summed E-state index contributed by atoms with van der Waals surface area (Å²) in [4.78, 5) is 0. The number of nitrogens with zero attached hydrogens (tertiary/aromatic N) is 1. The number of halogens is 6. The first-order valence-corrected chi connectivity index (χ1v) is 16.7. The predicted octanol–water partition coefficient (Wildman–Crippen LogP) is 12.6. The first-order chi connectivity index (χ1) is 17.1. The van der Waals surface area contributed by atoms with Crippen LogP contribution in [0.4, 0.5) is 25.2 Å². The van der Waals surface area contributed by atoms with Gasteiger partial charge in [0, 0.05) is 31.9 Å². The molecule has 1 heterocycles. The summed E-state index contributed by atoms with van der Waals surface area (Å²) < 4.78 is 61.8. The molecule has 1 nitrogen and oxygen atoms in total. The van der Waals surface area contributed by atoms with Crippen LogP contribution in [0.15, 0.2) is 12.1 Å². The van der Waals surface area contributed by atoms with Crippen molar-refractivity contribution in [3.8, 4) is 0 Å². The quantitative estimate of drug-likeness (QED) is 0.0645. The fourth-order valence-corrected chi connectivity index (χ4v) is 4.74. The van der Waals surface area contributed by atoms with Gasteiger partial charge in [-0.2, -0.15) is 0 Å². The van der Waals surface area contributed by atoms with Gasteiger partial charge in [0.05, 0.1) is 0 Å². The Balaban J connectivity index is 0.00000161. The topological polar surface area (TPSA) is 3.88 Å². The van der Waals surface area contributed by atoms with Crippen molar-refractivity contribution in [3.05, 3.63) is 29.1 Å². The van der Waals surface area contributed by atoms with Crippen molar-refractivity contribution in [2.45, 2.75) is 156 Å². The van der Waals surface area contributed by atoms with Crippen molar-refractivity contribution in [3.63, 3.8) is 0 Å². The van der Waals surface area contributed by atoms with E-state index < -0.39 is 7.81 Å². The molecule has 0 saturated heterocycles. The summed E-state index contributed by atoms with van der Waals surface area (Å²) in [5.41, 5.74) is 4.47. The second-order valence-electron chi connectivity index (χ2n) is 10.7. The van der Waals surface area contributed by atoms with Crippen molar-refractivity contribution >= 4 is 7.81 Å². The zero-order chi connectivity index (χ0) is 28.3. The zero-order valence-electron chi connectivity index (χ0n) is 24.0. The van der Waals surface area contributed by atoms with Gasteiger partial charge in [0.25, 0.3) is 0 Å². The van der Waals surface area contributed by atoms with Gasteiger partial charge in [-0.25, -0.2) is 4.57 Å². The van der Waals surface area contributed by atoms with Crippen molar-refractivity contribution in [1.82, 2.24) is 0 Å². The van der Waals surface area contributed by atoms with Gasteiger partial charge < -0.3 is 0 Å². The van der Waals surface area contributed by atoms with E-state index in [1.165, 1.54) is 140 Å². The number of hydrogen-bond donors (Lipinski definition) is 0. The number of aromatic nitrogens is 1. The van der Waals surface area contributed by atoms with Crippen LogP contribution >= 0.6 is 7.81 Å². The maximum absolute atomic E-state index is 10.7. The van der Waals surface area contributed by atoms with E-state index in [2.05, 4.69) is 44.4 Å². The molecule has 0 aromatic carbocycles. The van der Waals surface area contributed by atoms with Crippen molar-refractivity contribution < 1.29 is 29.7 Å². The Bertz CT molecular complexity index is 708. The van der Waals surface area contributed by atoms with Gasteiger partial charge in [0.1, 0.15) is 6.54 Å². The Morgan fingerprint density at radius 1 is 0.541 bits per heavy atom. The van der Waals surface area contributed by atoms with Gasteiger partial charge in [0.15, 0.2) is 11.4 Å². The number of rotatable bonds is 20. The Labute approximate surface area is 223 Å². The van der Waals surface area contributed by atoms with Crippen molar-refractivity contribution in [2.24, 2.45) is 0 Å². The summed E-state index contributed by atoms with van der Waals surface area (Å²) in [6.45, 7) is 10.4. The molecule has 0 unspecified atom stereocenters. The fraction of sp³-hybridized carbons (Fsp3) is 0.828. The molecule has 0 radical (unpaired) electrons. The number of pyridine rings is 1. The third kappa shape index (κ3) is 28.0. The van der Waals surface area contributed by atoms with Gasteiger partial charge >= 0.3 is 33.0 Å². The third-order valence-corrected chi connectivity index (χ3v) is 6.63. The Morgan fingerprint density at radius 2 is 0.892 bits per heavy atom. The van der Waals surface area contributed by atoms with E-state index in [0.717, 1.165) is 0 Å². The van der Waals surface area contributed by atoms with Crippen LogP contribution in [0.5, 0.6) is 0 Å². The van der Waals surface area contributed by atoms with Gasteiger partial charge in [-0.05, 0) is 25.3 Å². The first-order valence-electron chi connectivity index (χ1n) is 14.7. The molecular weight excluding hydrogens is 507 g/mol. The predicted molar refractivity (Wildman–Crippen MR) is 148 cm³/mol. The van der Waals surface area contributed by atoms with E-state index in [1.807, 2.05) is 0 Å². The Hall–Kier alpha value is -0.840. The molecule has 0 spiro atoms. The van der Waals surface area contributed by atoms with Crippen molar-refractivity contribution in [1.29, 1.82) is 0 Å². The SMILES string of the molecule is CCCCCCCCCCCC[n+]1c(C)cc(C)cc1CCCCCCCCCC.F[P-](F)(F)(F)(F)F. The summed E-state index contributed by atoms with van der Waals surface area (Å²) >= 11 is 0. The van der Waals surface area contributed by atoms with E-state index in [1.54, 1.807) is 5.69 Å². The van der Waals surface area contributed by atoms with Crippen LogP contribution in [0.3, 0.4) is 0 Å². The molecule has 0 aliphatic carbocycles. The van der Waals surface area contributed by atoms with Gasteiger partial charge in [-0.15, -0.1) is 0 Å². The van der Waals surface area contributed by atoms with E-state index in [0.29, 0.717) is 0 Å². The molecule has 1 aromatic rings. The molecule has 37 heavy (non-hydrogen) atoms. The van der Waals surface area contributed by atoms with Gasteiger partial charge in [0.2, 0.25) is 0 Å². The van der Waals surface area contributed by atoms with Crippen LogP contribution in [0.2, 0.25) is 0 Å². The Morgan fingerprint density at radius 3 is 1.30 bits per heavy atom. The number of hydrogen-bond acceptors (Lipinski definition) is 0. The van der Waals surface area contributed by atoms with Crippen LogP contribution < -0.4 is 4.57 Å². The van der Waals surface area contributed by atoms with Crippen LogP contribution in [0, 0.1) is 13.8 Å². The minimum absolute atomic E-state index is 1.22. The molecule has 0 aliphatic heterocycles. The van der Waals surface area contributed by atoms with Crippen LogP contribution in [0.25, 0.3) is 0 Å².